The Hall–Kier alpha value is -3.83. The third kappa shape index (κ3) is 3.24. The number of aromatic nitrogens is 2. The van der Waals surface area contributed by atoms with Crippen molar-refractivity contribution in [2.24, 2.45) is 0 Å². The van der Waals surface area contributed by atoms with E-state index < -0.39 is 0 Å². The Bertz CT molecular complexity index is 1540. The molecular formula is C28H22ClN3O2. The fourth-order valence-electron chi connectivity index (χ4n) is 5.03. The fraction of sp³-hybridized carbons (Fsp3) is 0.143. The van der Waals surface area contributed by atoms with Crippen LogP contribution in [0.3, 0.4) is 0 Å². The topological polar surface area (TPSA) is 58.2 Å². The van der Waals surface area contributed by atoms with Crippen molar-refractivity contribution >= 4 is 44.9 Å². The molecule has 3 aromatic carbocycles. The second-order valence-corrected chi connectivity index (χ2v) is 8.85. The molecule has 5 aromatic rings. The van der Waals surface area contributed by atoms with Gasteiger partial charge in [-0.3, -0.25) is 9.78 Å². The van der Waals surface area contributed by atoms with Gasteiger partial charge in [-0.1, -0.05) is 24.3 Å². The highest BCUT2D eigenvalue weighted by Gasteiger charge is 2.35. The lowest BCUT2D eigenvalue weighted by atomic mass is 9.91. The molecule has 1 aliphatic heterocycles. The summed E-state index contributed by atoms with van der Waals surface area (Å²) in [6.45, 7) is 0.542. The van der Waals surface area contributed by atoms with Gasteiger partial charge >= 0.3 is 0 Å². The van der Waals surface area contributed by atoms with E-state index in [0.717, 1.165) is 49.8 Å². The molecule has 0 saturated heterocycles. The molecule has 1 amide bonds. The molecule has 6 rings (SSSR count). The summed E-state index contributed by atoms with van der Waals surface area (Å²) in [7, 11) is 1.64. The molecule has 0 saturated carbocycles. The molecule has 3 heterocycles. The monoisotopic (exact) mass is 467 g/mol. The number of carbonyl (C=O) groups is 1. The van der Waals surface area contributed by atoms with Gasteiger partial charge in [0.2, 0.25) is 0 Å². The van der Waals surface area contributed by atoms with Crippen LogP contribution in [0.4, 0.5) is 5.69 Å². The van der Waals surface area contributed by atoms with Gasteiger partial charge < -0.3 is 14.6 Å². The molecule has 6 heteroatoms. The highest BCUT2D eigenvalue weighted by Crippen LogP contribution is 2.46. The number of nitrogens with one attached hydrogen (secondary N) is 1. The summed E-state index contributed by atoms with van der Waals surface area (Å²) in [5, 5.41) is 3.22. The average Bonchev–Trinajstić information content (AvgIpc) is 3.49. The van der Waals surface area contributed by atoms with Gasteiger partial charge in [0.1, 0.15) is 11.4 Å². The van der Waals surface area contributed by atoms with Crippen LogP contribution in [-0.4, -0.2) is 35.4 Å². The maximum atomic E-state index is 13.8. The Labute approximate surface area is 201 Å². The number of nitrogens with zero attached hydrogens (tertiary/aromatic N) is 2. The zero-order valence-corrected chi connectivity index (χ0v) is 19.3. The number of benzene rings is 3. The van der Waals surface area contributed by atoms with Crippen LogP contribution in [0.1, 0.15) is 22.0 Å². The van der Waals surface area contributed by atoms with E-state index >= 15 is 0 Å². The first kappa shape index (κ1) is 20.8. The number of fused-ring (bicyclic) bond motifs is 4. The minimum absolute atomic E-state index is 0.0569. The van der Waals surface area contributed by atoms with Crippen molar-refractivity contribution in [3.8, 4) is 16.9 Å². The summed E-state index contributed by atoms with van der Waals surface area (Å²) >= 11 is 6.44. The predicted molar refractivity (Wildman–Crippen MR) is 137 cm³/mol. The van der Waals surface area contributed by atoms with Gasteiger partial charge in [0.15, 0.2) is 0 Å². The van der Waals surface area contributed by atoms with Gasteiger partial charge in [-0.15, -0.1) is 11.6 Å². The molecule has 0 fully saturated rings. The number of anilines is 1. The second-order valence-electron chi connectivity index (χ2n) is 8.54. The highest BCUT2D eigenvalue weighted by atomic mass is 35.5. The Morgan fingerprint density at radius 1 is 1.09 bits per heavy atom. The number of aromatic amines is 1. The van der Waals surface area contributed by atoms with Gasteiger partial charge in [-0.25, -0.2) is 0 Å². The number of ether oxygens (including phenoxy) is 1. The Kier molecular flexibility index (Phi) is 5.00. The molecule has 1 atom stereocenters. The van der Waals surface area contributed by atoms with Crippen LogP contribution in [0.15, 0.2) is 79.1 Å². The number of amides is 1. The molecule has 0 bridgehead atoms. The van der Waals surface area contributed by atoms with Gasteiger partial charge in [0.25, 0.3) is 5.91 Å². The largest absolute Gasteiger partial charge is 0.497 e. The quantitative estimate of drug-likeness (QED) is 0.312. The van der Waals surface area contributed by atoms with Crippen molar-refractivity contribution in [2.75, 3.05) is 24.4 Å². The predicted octanol–water partition coefficient (Wildman–Crippen LogP) is 6.37. The van der Waals surface area contributed by atoms with E-state index in [4.69, 9.17) is 16.3 Å². The van der Waals surface area contributed by atoms with Crippen molar-refractivity contribution in [3.63, 3.8) is 0 Å². The summed E-state index contributed by atoms with van der Waals surface area (Å²) in [6, 6.07) is 22.1. The Balaban J connectivity index is 1.52. The van der Waals surface area contributed by atoms with Crippen molar-refractivity contribution in [1.82, 2.24) is 9.97 Å². The number of rotatable bonds is 4. The normalized spacial score (nSPS) is 15.1. The molecule has 2 aromatic heterocycles. The lowest BCUT2D eigenvalue weighted by Crippen LogP contribution is -2.30. The van der Waals surface area contributed by atoms with E-state index in [1.54, 1.807) is 19.5 Å². The lowest BCUT2D eigenvalue weighted by Gasteiger charge is -2.19. The van der Waals surface area contributed by atoms with Crippen LogP contribution in [0.25, 0.3) is 32.8 Å². The number of carbonyl (C=O) groups excluding carboxylic acids is 1. The molecule has 1 N–H and O–H groups in total. The smallest absolute Gasteiger partial charge is 0.274 e. The molecule has 0 aliphatic carbocycles. The molecule has 34 heavy (non-hydrogen) atoms. The van der Waals surface area contributed by atoms with Crippen molar-refractivity contribution in [1.29, 1.82) is 0 Å². The molecule has 1 aliphatic rings. The second kappa shape index (κ2) is 8.19. The molecule has 1 unspecified atom stereocenters. The standard InChI is InChI=1S/C28H22ClN3O2/c1-34-20-6-7-24-18(12-20)13-25(31-24)28(33)32-16-19(15-29)27-22-5-3-2-4-21(22)23(14-26(27)32)17-8-10-30-11-9-17/h2-14,19,31H,15-16H2,1H3. The number of methoxy groups -OCH3 is 1. The van der Waals surface area contributed by atoms with Crippen LogP contribution in [0, 0.1) is 0 Å². The van der Waals surface area contributed by atoms with E-state index in [1.165, 1.54) is 0 Å². The molecular weight excluding hydrogens is 446 g/mol. The van der Waals surface area contributed by atoms with Gasteiger partial charge in [-0.2, -0.15) is 0 Å². The summed E-state index contributed by atoms with van der Waals surface area (Å²) in [4.78, 5) is 23.1. The van der Waals surface area contributed by atoms with Crippen LogP contribution in [0.5, 0.6) is 5.75 Å². The highest BCUT2D eigenvalue weighted by molar-refractivity contribution is 6.19. The van der Waals surface area contributed by atoms with E-state index in [0.29, 0.717) is 18.1 Å². The van der Waals surface area contributed by atoms with Gasteiger partial charge in [0, 0.05) is 47.3 Å². The van der Waals surface area contributed by atoms with Crippen LogP contribution in [-0.2, 0) is 0 Å². The molecule has 168 valence electrons. The zero-order chi connectivity index (χ0) is 23.2. The Morgan fingerprint density at radius 2 is 1.88 bits per heavy atom. The third-order valence-corrected chi connectivity index (χ3v) is 7.02. The maximum Gasteiger partial charge on any atom is 0.274 e. The van der Waals surface area contributed by atoms with E-state index in [1.807, 2.05) is 53.4 Å². The summed E-state index contributed by atoms with van der Waals surface area (Å²) < 4.78 is 5.33. The number of alkyl halides is 1. The third-order valence-electron chi connectivity index (χ3n) is 6.65. The number of hydrogen-bond donors (Lipinski definition) is 1. The first-order chi connectivity index (χ1) is 16.7. The summed E-state index contributed by atoms with van der Waals surface area (Å²) in [5.41, 5.74) is 5.63. The van der Waals surface area contributed by atoms with Crippen LogP contribution >= 0.6 is 11.6 Å². The first-order valence-electron chi connectivity index (χ1n) is 11.2. The lowest BCUT2D eigenvalue weighted by molar-refractivity contribution is 0.0984. The SMILES string of the molecule is COc1ccc2[nH]c(C(=O)N3CC(CCl)c4c3cc(-c3ccncc3)c3ccccc43)cc2c1. The van der Waals surface area contributed by atoms with E-state index in [2.05, 4.69) is 28.2 Å². The number of hydrogen-bond acceptors (Lipinski definition) is 3. The van der Waals surface area contributed by atoms with E-state index in [-0.39, 0.29) is 11.8 Å². The fourth-order valence-corrected chi connectivity index (χ4v) is 5.28. The van der Waals surface area contributed by atoms with E-state index in [9.17, 15) is 4.79 Å². The molecule has 5 nitrogen and oxygen atoms in total. The van der Waals surface area contributed by atoms with Crippen molar-refractivity contribution in [2.45, 2.75) is 5.92 Å². The minimum Gasteiger partial charge on any atom is -0.497 e. The van der Waals surface area contributed by atoms with Gasteiger partial charge in [0.05, 0.1) is 7.11 Å². The Morgan fingerprint density at radius 3 is 2.65 bits per heavy atom. The first-order valence-corrected chi connectivity index (χ1v) is 11.7. The number of H-pyrrole nitrogens is 1. The van der Waals surface area contributed by atoms with Crippen molar-refractivity contribution < 1.29 is 9.53 Å². The minimum atomic E-state index is -0.0695. The van der Waals surface area contributed by atoms with Crippen molar-refractivity contribution in [3.05, 3.63) is 90.4 Å². The summed E-state index contributed by atoms with van der Waals surface area (Å²) in [6.07, 6.45) is 3.58. The zero-order valence-electron chi connectivity index (χ0n) is 18.6. The van der Waals surface area contributed by atoms with Crippen LogP contribution in [0.2, 0.25) is 0 Å². The van der Waals surface area contributed by atoms with Crippen LogP contribution < -0.4 is 9.64 Å². The van der Waals surface area contributed by atoms with Gasteiger partial charge in [-0.05, 0) is 69.9 Å². The summed E-state index contributed by atoms with van der Waals surface area (Å²) in [5.74, 6) is 1.19. The molecule has 0 spiro atoms. The number of halogens is 1. The molecule has 0 radical (unpaired) electrons. The maximum absolute atomic E-state index is 13.8. The number of pyridine rings is 1. The average molecular weight is 468 g/mol.